The molecule has 0 fully saturated rings. The quantitative estimate of drug-likeness (QED) is 0.0255. The van der Waals surface area contributed by atoms with Crippen LogP contribution in [0.5, 0.6) is 0 Å². The van der Waals surface area contributed by atoms with Crippen LogP contribution in [-0.2, 0) is 39.6 Å². The number of carbonyl (C=O) groups excluding carboxylic acids is 1. The average Bonchev–Trinajstić information content (AvgIpc) is 3.30. The van der Waals surface area contributed by atoms with E-state index in [-0.39, 0.29) is 45.5 Å². The van der Waals surface area contributed by atoms with E-state index >= 15 is 26.3 Å². The van der Waals surface area contributed by atoms with Crippen molar-refractivity contribution in [2.75, 3.05) is 11.5 Å². The Labute approximate surface area is 408 Å². The number of anilines is 2. The molecule has 1 unspecified atom stereocenters. The molecule has 6 rings (SSSR count). The fourth-order valence-corrected chi connectivity index (χ4v) is 12.1. The van der Waals surface area contributed by atoms with Crippen LogP contribution >= 0.6 is 0 Å². The molecule has 1 aliphatic heterocycles. The van der Waals surface area contributed by atoms with Gasteiger partial charge in [-0.3, -0.25) is 0 Å². The molecule has 0 bridgehead atoms. The molecule has 0 radical (unpaired) electrons. The molecule has 0 saturated carbocycles. The van der Waals surface area contributed by atoms with Crippen molar-refractivity contribution in [3.05, 3.63) is 143 Å². The molecule has 13 nitrogen and oxygen atoms in total. The zero-order valence-electron chi connectivity index (χ0n) is 39.1. The maximum absolute atomic E-state index is 15.7. The molecule has 0 spiro atoms. The zero-order chi connectivity index (χ0) is 52.5. The van der Waals surface area contributed by atoms with Crippen LogP contribution in [0.4, 0.5) is 43.4 Å². The Morgan fingerprint density at radius 1 is 0.775 bits per heavy atom. The SMILES string of the molecule is C=C(C)C(=O)OCCC(CC)NS(=O)(=O)C(F)(F)C(F)(F)C(F)(F)S(=O)(=O)[N-]S(=O)(=O)c1ccccc1-c1c2ccc(=[N+](c3ccccc3)C(C)C)cc-2oc2cc(N(c3ccccc3)C(C)C)ccc12. The van der Waals surface area contributed by atoms with Crippen molar-refractivity contribution in [2.45, 2.75) is 93.8 Å². The fourth-order valence-electron chi connectivity index (χ4n) is 7.80. The molecule has 4 aromatic rings. The summed E-state index contributed by atoms with van der Waals surface area (Å²) in [4.78, 5) is 12.5. The highest BCUT2D eigenvalue weighted by Crippen LogP contribution is 2.53. The molecule has 0 aromatic heterocycles. The largest absolute Gasteiger partial charge is 0.462 e. The summed E-state index contributed by atoms with van der Waals surface area (Å²) >= 11 is 0. The minimum absolute atomic E-state index is 0.0263. The number of benzene rings is 5. The average molecular weight is 1050 g/mol. The standard InChI is InChI=1S/C49H50F6N4O9S3/c1-8-34(27-28-67-46(60)31(2)3)56-70(63,64)48(52,53)47(50,51)49(54,55)71(65,66)57-69(61,62)44-22-16-15-21-41(44)45-39-25-23-37(58(32(4)5)35-17-11-9-12-18-35)29-42(39)68-43-30-38(24-26-40(43)45)59(33(6)7)36-19-13-10-14-20-36/h9-26,29-30,32-34,56H,2,8,27-28H2,1,3-7H3. The second-order valence-electron chi connectivity index (χ2n) is 17.0. The van der Waals surface area contributed by atoms with Crippen molar-refractivity contribution >= 4 is 64.1 Å². The Morgan fingerprint density at radius 2 is 1.38 bits per heavy atom. The smallest absolute Gasteiger partial charge is 0.427 e. The van der Waals surface area contributed by atoms with Crippen LogP contribution in [0.1, 0.15) is 54.4 Å². The van der Waals surface area contributed by atoms with Gasteiger partial charge in [0.25, 0.3) is 10.0 Å². The first-order valence-corrected chi connectivity index (χ1v) is 26.3. The molecule has 22 heteroatoms. The Kier molecular flexibility index (Phi) is 15.7. The van der Waals surface area contributed by atoms with E-state index in [4.69, 9.17) is 9.15 Å². The van der Waals surface area contributed by atoms with Gasteiger partial charge in [0, 0.05) is 75.4 Å². The summed E-state index contributed by atoms with van der Waals surface area (Å²) < 4.78 is 190. The Hall–Kier alpha value is -6.07. The van der Waals surface area contributed by atoms with Gasteiger partial charge in [-0.2, -0.15) is 30.9 Å². The third kappa shape index (κ3) is 10.6. The zero-order valence-corrected chi connectivity index (χ0v) is 41.6. The summed E-state index contributed by atoms with van der Waals surface area (Å²) in [6.45, 7) is 12.9. The number of hydrogen-bond donors (Lipinski definition) is 1. The normalized spacial score (nSPS) is 13.9. The molecule has 380 valence electrons. The van der Waals surface area contributed by atoms with Gasteiger partial charge in [0.1, 0.15) is 21.4 Å². The molecule has 4 aromatic carbocycles. The van der Waals surface area contributed by atoms with Crippen LogP contribution in [0.3, 0.4) is 0 Å². The molecule has 1 aliphatic carbocycles. The summed E-state index contributed by atoms with van der Waals surface area (Å²) in [6, 6.07) is 30.8. The van der Waals surface area contributed by atoms with Gasteiger partial charge in [0.15, 0.2) is 16.1 Å². The number of ether oxygens (including phenoxy) is 1. The monoisotopic (exact) mass is 1050 g/mol. The minimum atomic E-state index is -7.63. The van der Waals surface area contributed by atoms with Gasteiger partial charge in [-0.05, 0) is 83.9 Å². The number of sulfonamides is 3. The third-order valence-corrected chi connectivity index (χ3v) is 16.2. The second kappa shape index (κ2) is 20.6. The van der Waals surface area contributed by atoms with Crippen LogP contribution in [-0.4, -0.2) is 72.4 Å². The topological polar surface area (TPSA) is 174 Å². The van der Waals surface area contributed by atoms with Gasteiger partial charge in [-0.1, -0.05) is 68.1 Å². The molecule has 2 aliphatic rings. The van der Waals surface area contributed by atoms with Crippen molar-refractivity contribution in [1.82, 2.24) is 9.30 Å². The van der Waals surface area contributed by atoms with E-state index in [1.165, 1.54) is 26.0 Å². The molecule has 1 atom stereocenters. The van der Waals surface area contributed by atoms with Crippen molar-refractivity contribution < 1.29 is 65.5 Å². The highest BCUT2D eigenvalue weighted by molar-refractivity contribution is 8.12. The number of fused-ring (bicyclic) bond motifs is 2. The number of nitrogens with zero attached hydrogens (tertiary/aromatic N) is 3. The number of esters is 1. The maximum atomic E-state index is 15.7. The number of rotatable bonds is 20. The first kappa shape index (κ1) is 54.3. The first-order chi connectivity index (χ1) is 33.1. The summed E-state index contributed by atoms with van der Waals surface area (Å²) in [5.74, 6) is -8.17. The highest BCUT2D eigenvalue weighted by atomic mass is 32.3. The number of hydrogen-bond acceptors (Lipinski definition) is 10. The maximum Gasteiger partial charge on any atom is 0.427 e. The number of carbonyl (C=O) groups is 1. The lowest BCUT2D eigenvalue weighted by atomic mass is 9.93. The van der Waals surface area contributed by atoms with E-state index in [1.807, 2.05) is 97.8 Å². The number of nitrogens with one attached hydrogen (secondary N) is 1. The van der Waals surface area contributed by atoms with Crippen LogP contribution < -0.4 is 19.6 Å². The molecule has 1 N–H and O–H groups in total. The molecule has 0 amide bonds. The molecule has 0 saturated heterocycles. The highest BCUT2D eigenvalue weighted by Gasteiger charge is 2.80. The van der Waals surface area contributed by atoms with Crippen LogP contribution in [0.25, 0.3) is 37.5 Å². The summed E-state index contributed by atoms with van der Waals surface area (Å²) in [7, 11) is -20.7. The fraction of sp³-hybridized carbons (Fsp3) is 0.306. The summed E-state index contributed by atoms with van der Waals surface area (Å²) in [5.41, 5.74) is 2.11. The lowest BCUT2D eigenvalue weighted by Gasteiger charge is -2.36. The van der Waals surface area contributed by atoms with E-state index in [2.05, 4.69) is 10.7 Å². The van der Waals surface area contributed by atoms with Crippen molar-refractivity contribution in [3.63, 3.8) is 0 Å². The van der Waals surface area contributed by atoms with E-state index in [0.717, 1.165) is 28.2 Å². The van der Waals surface area contributed by atoms with Crippen LogP contribution in [0.2, 0.25) is 0 Å². The van der Waals surface area contributed by atoms with E-state index in [9.17, 15) is 30.0 Å². The minimum Gasteiger partial charge on any atom is -0.462 e. The van der Waals surface area contributed by atoms with E-state index in [1.54, 1.807) is 36.4 Å². The van der Waals surface area contributed by atoms with E-state index < -0.39 is 88.4 Å². The molecular formula is C49H50F6N4O9S3. The number of para-hydroxylation sites is 2. The first-order valence-electron chi connectivity index (χ1n) is 21.9. The van der Waals surface area contributed by atoms with Crippen LogP contribution in [0, 0.1) is 0 Å². The Bertz CT molecular complexity index is 3340. The predicted octanol–water partition coefficient (Wildman–Crippen LogP) is 10.7. The van der Waals surface area contributed by atoms with Crippen molar-refractivity contribution in [2.24, 2.45) is 0 Å². The van der Waals surface area contributed by atoms with Gasteiger partial charge in [-0.15, -0.1) is 0 Å². The Balaban J connectivity index is 1.48. The molecular weight excluding hydrogens is 999 g/mol. The van der Waals surface area contributed by atoms with E-state index in [0.29, 0.717) is 11.0 Å². The second-order valence-corrected chi connectivity index (χ2v) is 22.2. The van der Waals surface area contributed by atoms with Gasteiger partial charge in [0.2, 0.25) is 11.0 Å². The van der Waals surface area contributed by atoms with Crippen molar-refractivity contribution in [1.29, 1.82) is 0 Å². The molecule has 1 heterocycles. The third-order valence-electron chi connectivity index (χ3n) is 11.2. The van der Waals surface area contributed by atoms with Gasteiger partial charge < -0.3 is 18.2 Å². The number of alkyl halides is 6. The summed E-state index contributed by atoms with van der Waals surface area (Å²) in [5, 5.41) is -13.3. The lowest BCUT2D eigenvalue weighted by Crippen LogP contribution is -2.63. The molecule has 71 heavy (non-hydrogen) atoms. The van der Waals surface area contributed by atoms with Gasteiger partial charge in [0.05, 0.1) is 17.6 Å². The van der Waals surface area contributed by atoms with Crippen molar-refractivity contribution in [3.8, 4) is 22.5 Å². The lowest BCUT2D eigenvalue weighted by molar-refractivity contribution is -0.243. The van der Waals surface area contributed by atoms with Gasteiger partial charge in [-0.25, -0.2) is 34.8 Å². The summed E-state index contributed by atoms with van der Waals surface area (Å²) in [6.07, 6.45) is -1.04. The number of halogens is 6. The predicted molar refractivity (Wildman–Crippen MR) is 259 cm³/mol. The van der Waals surface area contributed by atoms with Crippen LogP contribution in [0.15, 0.2) is 143 Å². The Morgan fingerprint density at radius 3 is 1.97 bits per heavy atom. The van der Waals surface area contributed by atoms with Gasteiger partial charge >= 0.3 is 22.4 Å².